The van der Waals surface area contributed by atoms with Crippen molar-refractivity contribution in [2.75, 3.05) is 12.0 Å². The van der Waals surface area contributed by atoms with Crippen molar-refractivity contribution in [3.63, 3.8) is 0 Å². The van der Waals surface area contributed by atoms with Gasteiger partial charge in [-0.1, -0.05) is 17.7 Å². The van der Waals surface area contributed by atoms with E-state index in [1.165, 1.54) is 11.8 Å². The number of benzene rings is 1. The molecule has 0 atom stereocenters. The molecule has 1 aromatic carbocycles. The minimum Gasteiger partial charge on any atom is -0.293 e. The molecule has 0 amide bonds. The number of hydrogen-bond donors (Lipinski definition) is 0. The number of halogens is 2. The summed E-state index contributed by atoms with van der Waals surface area (Å²) in [7, 11) is 0. The molecule has 0 fully saturated rings. The van der Waals surface area contributed by atoms with Crippen LogP contribution in [0.1, 0.15) is 10.4 Å². The fourth-order valence-corrected chi connectivity index (χ4v) is 2.36. The van der Waals surface area contributed by atoms with E-state index in [1.807, 2.05) is 18.4 Å². The van der Waals surface area contributed by atoms with Crippen LogP contribution in [0, 0.1) is 0 Å². The molecular weight excluding hydrogens is 272 g/mol. The average Bonchev–Trinajstić information content (AvgIpc) is 2.04. The number of carbonyl (C=O) groups excluding carboxylic acids is 1. The predicted molar refractivity (Wildman–Crippen MR) is 61.9 cm³/mol. The second-order valence-corrected chi connectivity index (χ2v) is 4.58. The molecule has 0 spiro atoms. The molecule has 0 heterocycles. The van der Waals surface area contributed by atoms with Crippen molar-refractivity contribution in [2.45, 2.75) is 0 Å². The van der Waals surface area contributed by atoms with Crippen molar-refractivity contribution in [1.29, 1.82) is 0 Å². The van der Waals surface area contributed by atoms with Gasteiger partial charge in [-0.05, 0) is 34.3 Å². The van der Waals surface area contributed by atoms with Crippen LogP contribution in [-0.2, 0) is 0 Å². The van der Waals surface area contributed by atoms with Crippen molar-refractivity contribution in [3.05, 3.63) is 33.3 Å². The first-order chi connectivity index (χ1) is 6.16. The number of hydrogen-bond acceptors (Lipinski definition) is 2. The normalized spacial score (nSPS) is 10.1. The number of ketones is 1. The maximum atomic E-state index is 11.6. The highest BCUT2D eigenvalue weighted by molar-refractivity contribution is 9.10. The van der Waals surface area contributed by atoms with Crippen molar-refractivity contribution in [2.24, 2.45) is 0 Å². The lowest BCUT2D eigenvalue weighted by molar-refractivity contribution is 0.102. The van der Waals surface area contributed by atoms with Crippen LogP contribution in [0.25, 0.3) is 0 Å². The molecule has 0 aromatic heterocycles. The van der Waals surface area contributed by atoms with Crippen LogP contribution in [-0.4, -0.2) is 17.8 Å². The molecule has 0 unspecified atom stereocenters. The Bertz CT molecular complexity index is 307. The summed E-state index contributed by atoms with van der Waals surface area (Å²) in [4.78, 5) is 11.6. The maximum absolute atomic E-state index is 11.6. The van der Waals surface area contributed by atoms with Gasteiger partial charge in [0.2, 0.25) is 0 Å². The lowest BCUT2D eigenvalue weighted by Gasteiger charge is -2.04. The van der Waals surface area contributed by atoms with E-state index in [-0.39, 0.29) is 5.78 Å². The van der Waals surface area contributed by atoms with Gasteiger partial charge < -0.3 is 0 Å². The molecule has 4 heteroatoms. The summed E-state index contributed by atoms with van der Waals surface area (Å²) in [5, 5.41) is 0.508. The first-order valence-corrected chi connectivity index (χ1v) is 6.19. The van der Waals surface area contributed by atoms with Crippen LogP contribution < -0.4 is 0 Å². The van der Waals surface area contributed by atoms with E-state index in [2.05, 4.69) is 15.9 Å². The smallest absolute Gasteiger partial charge is 0.175 e. The SMILES string of the molecule is CSCC(=O)c1c(Cl)cccc1Br. The highest BCUT2D eigenvalue weighted by Crippen LogP contribution is 2.25. The van der Waals surface area contributed by atoms with E-state index >= 15 is 0 Å². The topological polar surface area (TPSA) is 17.1 Å². The molecule has 1 rings (SSSR count). The molecule has 13 heavy (non-hydrogen) atoms. The summed E-state index contributed by atoms with van der Waals surface area (Å²) < 4.78 is 0.763. The summed E-state index contributed by atoms with van der Waals surface area (Å²) in [5.74, 6) is 0.521. The van der Waals surface area contributed by atoms with E-state index in [0.29, 0.717) is 16.3 Å². The van der Waals surface area contributed by atoms with Gasteiger partial charge >= 0.3 is 0 Å². The Balaban J connectivity index is 3.05. The zero-order chi connectivity index (χ0) is 9.84. The molecule has 0 N–H and O–H groups in total. The molecule has 1 nitrogen and oxygen atoms in total. The molecule has 0 bridgehead atoms. The second kappa shape index (κ2) is 5.03. The first-order valence-electron chi connectivity index (χ1n) is 3.63. The van der Waals surface area contributed by atoms with Crippen LogP contribution in [0.3, 0.4) is 0 Å². The lowest BCUT2D eigenvalue weighted by atomic mass is 10.1. The van der Waals surface area contributed by atoms with Crippen molar-refractivity contribution < 1.29 is 4.79 Å². The van der Waals surface area contributed by atoms with E-state index in [9.17, 15) is 4.79 Å². The third-order valence-corrected chi connectivity index (χ3v) is 3.04. The molecular formula is C9H8BrClOS. The first kappa shape index (κ1) is 11.1. The molecule has 0 aliphatic carbocycles. The van der Waals surface area contributed by atoms with Gasteiger partial charge in [-0.2, -0.15) is 11.8 Å². The molecule has 0 aliphatic rings. The highest BCUT2D eigenvalue weighted by atomic mass is 79.9. The van der Waals surface area contributed by atoms with E-state index in [1.54, 1.807) is 6.07 Å². The Morgan fingerprint density at radius 1 is 1.62 bits per heavy atom. The summed E-state index contributed by atoms with van der Waals surface area (Å²) in [6.45, 7) is 0. The van der Waals surface area contributed by atoms with Gasteiger partial charge in [-0.15, -0.1) is 0 Å². The predicted octanol–water partition coefficient (Wildman–Crippen LogP) is 3.65. The molecule has 0 saturated heterocycles. The van der Waals surface area contributed by atoms with Crippen LogP contribution in [0.15, 0.2) is 22.7 Å². The quantitative estimate of drug-likeness (QED) is 0.786. The van der Waals surface area contributed by atoms with Crippen LogP contribution in [0.5, 0.6) is 0 Å². The second-order valence-electron chi connectivity index (χ2n) is 2.45. The summed E-state index contributed by atoms with van der Waals surface area (Å²) >= 11 is 10.7. The van der Waals surface area contributed by atoms with Crippen LogP contribution in [0.4, 0.5) is 0 Å². The van der Waals surface area contributed by atoms with Gasteiger partial charge in [0.1, 0.15) is 0 Å². The highest BCUT2D eigenvalue weighted by Gasteiger charge is 2.12. The summed E-state index contributed by atoms with van der Waals surface area (Å²) in [6, 6.07) is 5.35. The minimum absolute atomic E-state index is 0.0602. The number of thioether (sulfide) groups is 1. The van der Waals surface area contributed by atoms with E-state index < -0.39 is 0 Å². The van der Waals surface area contributed by atoms with Gasteiger partial charge in [0.05, 0.1) is 16.3 Å². The van der Waals surface area contributed by atoms with Gasteiger partial charge in [0, 0.05) is 4.47 Å². The molecule has 0 radical (unpaired) electrons. The third kappa shape index (κ3) is 2.73. The Hall–Kier alpha value is 0.01000. The number of carbonyl (C=O) groups is 1. The van der Waals surface area contributed by atoms with Crippen molar-refractivity contribution in [1.82, 2.24) is 0 Å². The lowest BCUT2D eigenvalue weighted by Crippen LogP contribution is -2.03. The van der Waals surface area contributed by atoms with Crippen LogP contribution in [0.2, 0.25) is 5.02 Å². The number of rotatable bonds is 3. The maximum Gasteiger partial charge on any atom is 0.175 e. The Morgan fingerprint density at radius 2 is 2.31 bits per heavy atom. The largest absolute Gasteiger partial charge is 0.293 e. The Labute approximate surface area is 95.0 Å². The minimum atomic E-state index is 0.0602. The molecule has 0 aliphatic heterocycles. The Kier molecular flexibility index (Phi) is 4.29. The fraction of sp³-hybridized carbons (Fsp3) is 0.222. The summed E-state index contributed by atoms with van der Waals surface area (Å²) in [6.07, 6.45) is 1.89. The van der Waals surface area contributed by atoms with E-state index in [4.69, 9.17) is 11.6 Å². The van der Waals surface area contributed by atoms with Crippen molar-refractivity contribution >= 4 is 45.1 Å². The van der Waals surface area contributed by atoms with Gasteiger partial charge in [0.15, 0.2) is 5.78 Å². The average molecular weight is 280 g/mol. The zero-order valence-corrected chi connectivity index (χ0v) is 10.2. The van der Waals surface area contributed by atoms with E-state index in [0.717, 1.165) is 4.47 Å². The zero-order valence-electron chi connectivity index (χ0n) is 7.01. The standard InChI is InChI=1S/C9H8BrClOS/c1-13-5-8(12)9-6(10)3-2-4-7(9)11/h2-4H,5H2,1H3. The molecule has 0 saturated carbocycles. The van der Waals surface area contributed by atoms with Gasteiger partial charge in [0.25, 0.3) is 0 Å². The third-order valence-electron chi connectivity index (χ3n) is 1.52. The summed E-state index contributed by atoms with van der Waals surface area (Å²) in [5.41, 5.74) is 0.582. The molecule has 1 aromatic rings. The van der Waals surface area contributed by atoms with Crippen molar-refractivity contribution in [3.8, 4) is 0 Å². The van der Waals surface area contributed by atoms with Gasteiger partial charge in [-0.25, -0.2) is 0 Å². The molecule has 70 valence electrons. The fourth-order valence-electron chi connectivity index (χ4n) is 0.967. The monoisotopic (exact) mass is 278 g/mol. The Morgan fingerprint density at radius 3 is 2.85 bits per heavy atom. The van der Waals surface area contributed by atoms with Gasteiger partial charge in [-0.3, -0.25) is 4.79 Å². The number of Topliss-reactive ketones (excluding diaryl/α,β-unsaturated/α-hetero) is 1. The van der Waals surface area contributed by atoms with Crippen LogP contribution >= 0.6 is 39.3 Å².